The lowest BCUT2D eigenvalue weighted by molar-refractivity contribution is -0.139. The summed E-state index contributed by atoms with van der Waals surface area (Å²) < 4.78 is 34.1. The van der Waals surface area contributed by atoms with E-state index in [9.17, 15) is 18.4 Å². The minimum Gasteiger partial charge on any atom is -0.379 e. The molecule has 2 aliphatic rings. The zero-order valence-electron chi connectivity index (χ0n) is 21.4. The molecule has 0 aliphatic carbocycles. The summed E-state index contributed by atoms with van der Waals surface area (Å²) in [6, 6.07) is 3.19. The van der Waals surface area contributed by atoms with Crippen LogP contribution in [0.25, 0.3) is 0 Å². The van der Waals surface area contributed by atoms with Crippen molar-refractivity contribution in [1.29, 1.82) is 0 Å². The van der Waals surface area contributed by atoms with E-state index in [1.54, 1.807) is 0 Å². The van der Waals surface area contributed by atoms with Gasteiger partial charge >= 0.3 is 0 Å². The van der Waals surface area contributed by atoms with E-state index in [1.165, 1.54) is 18.2 Å². The summed E-state index contributed by atoms with van der Waals surface area (Å²) in [4.78, 5) is 28.7. The fourth-order valence-electron chi connectivity index (χ4n) is 5.14. The van der Waals surface area contributed by atoms with Gasteiger partial charge in [-0.25, -0.2) is 8.78 Å². The van der Waals surface area contributed by atoms with Gasteiger partial charge < -0.3 is 15.4 Å². The highest BCUT2D eigenvalue weighted by Gasteiger charge is 2.42. The molecule has 0 aromatic heterocycles. The van der Waals surface area contributed by atoms with E-state index in [4.69, 9.17) is 4.74 Å². The number of halogens is 2. The SMILES string of the molecule is CC(C)C[C@@H]1NC(=O)C2(CCCCCOC[C@@H](C)NC1=O)CCN(Cc1c(F)cccc1F)CC2. The second-order valence-corrected chi connectivity index (χ2v) is 10.7. The first-order valence-electron chi connectivity index (χ1n) is 13.0. The first kappa shape index (κ1) is 27.5. The standard InChI is InChI=1S/C27H41F2N3O3/c1-19(2)16-24-25(33)30-20(3)18-35-15-6-4-5-10-27(26(34)31-24)11-13-32(14-12-27)17-21-22(28)8-7-9-23(21)29/h7-9,19-20,24H,4-6,10-18H2,1-3H3,(H,30,33)(H,31,34)/t20-,24+/m1/s1. The second kappa shape index (κ2) is 12.8. The number of benzene rings is 1. The van der Waals surface area contributed by atoms with Gasteiger partial charge in [-0.1, -0.05) is 32.8 Å². The van der Waals surface area contributed by atoms with E-state index in [2.05, 4.69) is 10.6 Å². The van der Waals surface area contributed by atoms with Crippen LogP contribution in [0.1, 0.15) is 71.3 Å². The first-order valence-corrected chi connectivity index (χ1v) is 13.0. The maximum absolute atomic E-state index is 14.2. The van der Waals surface area contributed by atoms with Crippen LogP contribution in [0.4, 0.5) is 8.78 Å². The quantitative estimate of drug-likeness (QED) is 0.661. The smallest absolute Gasteiger partial charge is 0.242 e. The van der Waals surface area contributed by atoms with Crippen molar-refractivity contribution in [2.75, 3.05) is 26.3 Å². The van der Waals surface area contributed by atoms with Crippen molar-refractivity contribution >= 4 is 11.8 Å². The third-order valence-electron chi connectivity index (χ3n) is 7.27. The van der Waals surface area contributed by atoms with Gasteiger partial charge in [-0.05, 0) is 70.2 Å². The van der Waals surface area contributed by atoms with Crippen molar-refractivity contribution < 1.29 is 23.1 Å². The molecule has 3 rings (SSSR count). The Morgan fingerprint density at radius 3 is 2.40 bits per heavy atom. The highest BCUT2D eigenvalue weighted by molar-refractivity contribution is 5.90. The lowest BCUT2D eigenvalue weighted by Crippen LogP contribution is -2.56. The normalized spacial score (nSPS) is 25.2. The molecule has 2 amide bonds. The Labute approximate surface area is 208 Å². The predicted molar refractivity (Wildman–Crippen MR) is 132 cm³/mol. The Hall–Kier alpha value is -2.06. The number of likely N-dealkylation sites (tertiary alicyclic amines) is 1. The summed E-state index contributed by atoms with van der Waals surface area (Å²) in [5.74, 6) is -1.09. The van der Waals surface area contributed by atoms with Crippen molar-refractivity contribution in [3.8, 4) is 0 Å². The number of carbonyl (C=O) groups is 2. The molecule has 2 atom stereocenters. The third kappa shape index (κ3) is 7.71. The van der Waals surface area contributed by atoms with Gasteiger partial charge in [0.05, 0.1) is 12.0 Å². The van der Waals surface area contributed by atoms with Gasteiger partial charge in [0.15, 0.2) is 0 Å². The highest BCUT2D eigenvalue weighted by Crippen LogP contribution is 2.38. The Bertz CT molecular complexity index is 836. The summed E-state index contributed by atoms with van der Waals surface area (Å²) in [5, 5.41) is 6.07. The Balaban J connectivity index is 1.74. The monoisotopic (exact) mass is 493 g/mol. The lowest BCUT2D eigenvalue weighted by atomic mass is 9.73. The average Bonchev–Trinajstić information content (AvgIpc) is 2.80. The van der Waals surface area contributed by atoms with Gasteiger partial charge in [0.2, 0.25) is 11.8 Å². The third-order valence-corrected chi connectivity index (χ3v) is 7.27. The van der Waals surface area contributed by atoms with Crippen molar-refractivity contribution in [1.82, 2.24) is 15.5 Å². The molecule has 8 heteroatoms. The molecule has 2 saturated heterocycles. The minimum absolute atomic E-state index is 0.0710. The largest absolute Gasteiger partial charge is 0.379 e. The molecule has 1 spiro atoms. The number of carbonyl (C=O) groups excluding carboxylic acids is 2. The molecule has 0 saturated carbocycles. The second-order valence-electron chi connectivity index (χ2n) is 10.7. The zero-order valence-corrected chi connectivity index (χ0v) is 21.4. The number of hydrogen-bond donors (Lipinski definition) is 2. The lowest BCUT2D eigenvalue weighted by Gasteiger charge is -2.41. The molecular formula is C27H41F2N3O3. The van der Waals surface area contributed by atoms with E-state index in [0.29, 0.717) is 45.6 Å². The molecule has 35 heavy (non-hydrogen) atoms. The number of piperidine rings is 1. The summed E-state index contributed by atoms with van der Waals surface area (Å²) in [7, 11) is 0. The Morgan fingerprint density at radius 2 is 1.74 bits per heavy atom. The molecule has 0 bridgehead atoms. The predicted octanol–water partition coefficient (Wildman–Crippen LogP) is 4.17. The van der Waals surface area contributed by atoms with Crippen LogP contribution in [-0.4, -0.2) is 55.1 Å². The molecule has 6 nitrogen and oxygen atoms in total. The molecule has 2 N–H and O–H groups in total. The molecular weight excluding hydrogens is 452 g/mol. The van der Waals surface area contributed by atoms with Gasteiger partial charge in [0.25, 0.3) is 0 Å². The number of amides is 2. The van der Waals surface area contributed by atoms with Gasteiger partial charge in [0.1, 0.15) is 17.7 Å². The molecule has 1 aromatic carbocycles. The summed E-state index contributed by atoms with van der Waals surface area (Å²) in [6.45, 7) is 8.40. The van der Waals surface area contributed by atoms with Crippen LogP contribution in [-0.2, 0) is 20.9 Å². The minimum atomic E-state index is -0.602. The van der Waals surface area contributed by atoms with Crippen LogP contribution >= 0.6 is 0 Å². The van der Waals surface area contributed by atoms with Crippen LogP contribution in [0, 0.1) is 23.0 Å². The molecule has 1 aromatic rings. The topological polar surface area (TPSA) is 70.7 Å². The van der Waals surface area contributed by atoms with Crippen molar-refractivity contribution in [2.45, 2.75) is 84.3 Å². The Morgan fingerprint density at radius 1 is 1.06 bits per heavy atom. The number of hydrogen-bond acceptors (Lipinski definition) is 4. The van der Waals surface area contributed by atoms with Gasteiger partial charge in [-0.2, -0.15) is 0 Å². The van der Waals surface area contributed by atoms with Gasteiger partial charge in [-0.15, -0.1) is 0 Å². The summed E-state index contributed by atoms with van der Waals surface area (Å²) >= 11 is 0. The van der Waals surface area contributed by atoms with Crippen molar-refractivity contribution in [3.05, 3.63) is 35.4 Å². The Kier molecular flexibility index (Phi) is 10.0. The van der Waals surface area contributed by atoms with E-state index in [0.717, 1.165) is 25.7 Å². The van der Waals surface area contributed by atoms with Crippen LogP contribution in [0.15, 0.2) is 18.2 Å². The fourth-order valence-corrected chi connectivity index (χ4v) is 5.14. The zero-order chi connectivity index (χ0) is 25.4. The number of nitrogens with zero attached hydrogens (tertiary/aromatic N) is 1. The molecule has 0 unspecified atom stereocenters. The first-order chi connectivity index (χ1) is 16.7. The van der Waals surface area contributed by atoms with E-state index in [-0.39, 0.29) is 35.9 Å². The number of nitrogens with one attached hydrogen (secondary N) is 2. The molecule has 0 radical (unpaired) electrons. The maximum atomic E-state index is 14.2. The van der Waals surface area contributed by atoms with E-state index in [1.807, 2.05) is 25.7 Å². The molecule has 2 heterocycles. The number of rotatable bonds is 4. The van der Waals surface area contributed by atoms with E-state index < -0.39 is 23.1 Å². The molecule has 2 aliphatic heterocycles. The van der Waals surface area contributed by atoms with Crippen LogP contribution < -0.4 is 10.6 Å². The van der Waals surface area contributed by atoms with Gasteiger partial charge in [0, 0.05) is 24.8 Å². The molecule has 196 valence electrons. The highest BCUT2D eigenvalue weighted by atomic mass is 19.1. The summed E-state index contributed by atoms with van der Waals surface area (Å²) in [6.07, 6.45) is 5.25. The maximum Gasteiger partial charge on any atom is 0.242 e. The van der Waals surface area contributed by atoms with Crippen molar-refractivity contribution in [2.24, 2.45) is 11.3 Å². The van der Waals surface area contributed by atoms with Crippen LogP contribution in [0.5, 0.6) is 0 Å². The average molecular weight is 494 g/mol. The van der Waals surface area contributed by atoms with Crippen LogP contribution in [0.3, 0.4) is 0 Å². The summed E-state index contributed by atoms with van der Waals surface area (Å²) in [5.41, 5.74) is -0.516. The van der Waals surface area contributed by atoms with Gasteiger partial charge in [-0.3, -0.25) is 14.5 Å². The van der Waals surface area contributed by atoms with Crippen molar-refractivity contribution in [3.63, 3.8) is 0 Å². The van der Waals surface area contributed by atoms with E-state index >= 15 is 0 Å². The fraction of sp³-hybridized carbons (Fsp3) is 0.704. The van der Waals surface area contributed by atoms with Crippen LogP contribution in [0.2, 0.25) is 0 Å². The number of ether oxygens (including phenoxy) is 1. The molecule has 2 fully saturated rings.